The Balaban J connectivity index is 1.85. The summed E-state index contributed by atoms with van der Waals surface area (Å²) in [5, 5.41) is 4.13. The van der Waals surface area contributed by atoms with Crippen LogP contribution >= 0.6 is 0 Å². The topological polar surface area (TPSA) is 66.8 Å². The molecular weight excluding hydrogens is 371 g/mol. The van der Waals surface area contributed by atoms with Crippen LogP contribution in [0, 0.1) is 6.92 Å². The molecule has 1 N–H and O–H groups in total. The molecular formula is C19H20F3N5O. The van der Waals surface area contributed by atoms with E-state index in [0.717, 1.165) is 18.1 Å². The maximum absolute atomic E-state index is 13.2. The number of H-pyrrole nitrogens is 1. The van der Waals surface area contributed by atoms with Crippen molar-refractivity contribution in [2.24, 2.45) is 7.05 Å². The maximum Gasteiger partial charge on any atom is 0.433 e. The first kappa shape index (κ1) is 19.8. The average molecular weight is 391 g/mol. The second kappa shape index (κ2) is 7.59. The van der Waals surface area contributed by atoms with E-state index in [4.69, 9.17) is 0 Å². The van der Waals surface area contributed by atoms with Gasteiger partial charge in [0.15, 0.2) is 5.69 Å². The smallest absolute Gasteiger partial charge is 0.306 e. The van der Waals surface area contributed by atoms with Gasteiger partial charge in [-0.05, 0) is 25.6 Å². The van der Waals surface area contributed by atoms with E-state index in [1.54, 1.807) is 29.1 Å². The van der Waals surface area contributed by atoms with Gasteiger partial charge in [-0.3, -0.25) is 14.4 Å². The molecule has 1 aromatic carbocycles. The fourth-order valence-electron chi connectivity index (χ4n) is 2.99. The molecule has 2 aromatic heterocycles. The van der Waals surface area contributed by atoms with Crippen LogP contribution in [-0.2, 0) is 26.3 Å². The van der Waals surface area contributed by atoms with Crippen molar-refractivity contribution in [3.05, 3.63) is 69.4 Å². The van der Waals surface area contributed by atoms with Crippen LogP contribution in [-0.4, -0.2) is 31.7 Å². The van der Waals surface area contributed by atoms with Crippen LogP contribution in [0.5, 0.6) is 0 Å². The number of hydrogen-bond acceptors (Lipinski definition) is 4. The van der Waals surface area contributed by atoms with Crippen molar-refractivity contribution in [3.63, 3.8) is 0 Å². The van der Waals surface area contributed by atoms with Crippen LogP contribution in [0.1, 0.15) is 22.4 Å². The Bertz CT molecular complexity index is 1040. The summed E-state index contributed by atoms with van der Waals surface area (Å²) in [5.74, 6) is -0.0975. The normalized spacial score (nSPS) is 12.0. The van der Waals surface area contributed by atoms with Gasteiger partial charge in [0.2, 0.25) is 0 Å². The molecule has 0 radical (unpaired) electrons. The number of aromatic amines is 1. The Labute approximate surface area is 159 Å². The number of aromatic nitrogens is 4. The van der Waals surface area contributed by atoms with Gasteiger partial charge in [-0.25, -0.2) is 4.98 Å². The SMILES string of the molecule is Cc1c(C(F)(F)F)nc(-c2cccc(CN(C)Cc3cnn(C)c3)c2)[nH]c1=O. The van der Waals surface area contributed by atoms with Gasteiger partial charge >= 0.3 is 6.18 Å². The molecule has 0 saturated heterocycles. The monoisotopic (exact) mass is 391 g/mol. The average Bonchev–Trinajstić information content (AvgIpc) is 3.01. The van der Waals surface area contributed by atoms with Crippen LogP contribution in [0.3, 0.4) is 0 Å². The highest BCUT2D eigenvalue weighted by atomic mass is 19.4. The molecule has 0 unspecified atom stereocenters. The van der Waals surface area contributed by atoms with Crippen LogP contribution < -0.4 is 5.56 Å². The summed E-state index contributed by atoms with van der Waals surface area (Å²) in [6.07, 6.45) is -0.978. The summed E-state index contributed by atoms with van der Waals surface area (Å²) >= 11 is 0. The number of rotatable bonds is 5. The Kier molecular flexibility index (Phi) is 5.37. The fraction of sp³-hybridized carbons (Fsp3) is 0.316. The molecule has 0 atom stereocenters. The molecule has 0 bridgehead atoms. The van der Waals surface area contributed by atoms with Crippen molar-refractivity contribution in [1.82, 2.24) is 24.6 Å². The lowest BCUT2D eigenvalue weighted by Crippen LogP contribution is -2.21. The second-order valence-corrected chi connectivity index (χ2v) is 6.78. The zero-order chi connectivity index (χ0) is 20.5. The minimum Gasteiger partial charge on any atom is -0.306 e. The molecule has 0 saturated carbocycles. The molecule has 3 aromatic rings. The summed E-state index contributed by atoms with van der Waals surface area (Å²) in [7, 11) is 3.78. The molecule has 0 aliphatic rings. The molecule has 0 fully saturated rings. The van der Waals surface area contributed by atoms with E-state index in [1.165, 1.54) is 0 Å². The molecule has 0 spiro atoms. The van der Waals surface area contributed by atoms with Crippen molar-refractivity contribution in [3.8, 4) is 11.4 Å². The lowest BCUT2D eigenvalue weighted by atomic mass is 10.1. The third-order valence-electron chi connectivity index (χ3n) is 4.28. The van der Waals surface area contributed by atoms with Crippen LogP contribution in [0.4, 0.5) is 13.2 Å². The molecule has 6 nitrogen and oxygen atoms in total. The summed E-state index contributed by atoms with van der Waals surface area (Å²) in [4.78, 5) is 20.1. The number of nitrogens with one attached hydrogen (secondary N) is 1. The van der Waals surface area contributed by atoms with E-state index in [2.05, 4.69) is 20.0 Å². The number of halogens is 3. The molecule has 3 rings (SSSR count). The molecule has 0 amide bonds. The Hall–Kier alpha value is -2.94. The van der Waals surface area contributed by atoms with E-state index < -0.39 is 23.0 Å². The predicted molar refractivity (Wildman–Crippen MR) is 98.4 cm³/mol. The van der Waals surface area contributed by atoms with Gasteiger partial charge in [0.1, 0.15) is 5.82 Å². The van der Waals surface area contributed by atoms with Gasteiger partial charge in [0.05, 0.1) is 6.20 Å². The zero-order valence-corrected chi connectivity index (χ0v) is 15.7. The molecule has 28 heavy (non-hydrogen) atoms. The lowest BCUT2D eigenvalue weighted by Gasteiger charge is -2.16. The molecule has 2 heterocycles. The molecule has 148 valence electrons. The molecule has 0 aliphatic heterocycles. The standard InChI is InChI=1S/C19H20F3N5O/c1-12-16(19(20,21)22)24-17(25-18(12)28)15-6-4-5-13(7-15)9-26(2)10-14-8-23-27(3)11-14/h4-8,11H,9-10H2,1-3H3,(H,24,25,28). The van der Waals surface area contributed by atoms with Gasteiger partial charge in [-0.2, -0.15) is 18.3 Å². The minimum absolute atomic E-state index is 0.0975. The van der Waals surface area contributed by atoms with Crippen molar-refractivity contribution >= 4 is 0 Å². The van der Waals surface area contributed by atoms with Crippen molar-refractivity contribution in [2.45, 2.75) is 26.2 Å². The quantitative estimate of drug-likeness (QED) is 0.726. The highest BCUT2D eigenvalue weighted by Gasteiger charge is 2.36. The molecule has 0 aliphatic carbocycles. The fourth-order valence-corrected chi connectivity index (χ4v) is 2.99. The maximum atomic E-state index is 13.2. The first-order valence-corrected chi connectivity index (χ1v) is 8.57. The third-order valence-corrected chi connectivity index (χ3v) is 4.28. The highest BCUT2D eigenvalue weighted by molar-refractivity contribution is 5.56. The minimum atomic E-state index is -4.69. The number of hydrogen-bond donors (Lipinski definition) is 1. The second-order valence-electron chi connectivity index (χ2n) is 6.78. The van der Waals surface area contributed by atoms with E-state index in [-0.39, 0.29) is 5.82 Å². The van der Waals surface area contributed by atoms with Crippen LogP contribution in [0.25, 0.3) is 11.4 Å². The number of benzene rings is 1. The van der Waals surface area contributed by atoms with Crippen molar-refractivity contribution in [1.29, 1.82) is 0 Å². The van der Waals surface area contributed by atoms with Crippen molar-refractivity contribution in [2.75, 3.05) is 7.05 Å². The number of alkyl halides is 3. The Morgan fingerprint density at radius 3 is 2.57 bits per heavy atom. The summed E-state index contributed by atoms with van der Waals surface area (Å²) in [5.41, 5.74) is -0.0264. The molecule has 9 heteroatoms. The number of aryl methyl sites for hydroxylation is 1. The van der Waals surface area contributed by atoms with Crippen LogP contribution in [0.15, 0.2) is 41.5 Å². The first-order valence-electron chi connectivity index (χ1n) is 8.57. The van der Waals surface area contributed by atoms with Crippen LogP contribution in [0.2, 0.25) is 0 Å². The van der Waals surface area contributed by atoms with Gasteiger partial charge in [0, 0.05) is 43.0 Å². The summed E-state index contributed by atoms with van der Waals surface area (Å²) in [6, 6.07) is 6.96. The van der Waals surface area contributed by atoms with Gasteiger partial charge < -0.3 is 4.98 Å². The third kappa shape index (κ3) is 4.48. The Morgan fingerprint density at radius 1 is 1.21 bits per heavy atom. The predicted octanol–water partition coefficient (Wildman–Crippen LogP) is 3.13. The van der Waals surface area contributed by atoms with E-state index in [1.807, 2.05) is 26.4 Å². The largest absolute Gasteiger partial charge is 0.433 e. The Morgan fingerprint density at radius 2 is 1.93 bits per heavy atom. The van der Waals surface area contributed by atoms with Gasteiger partial charge in [-0.1, -0.05) is 18.2 Å². The summed E-state index contributed by atoms with van der Waals surface area (Å²) in [6.45, 7) is 2.36. The highest BCUT2D eigenvalue weighted by Crippen LogP contribution is 2.30. The van der Waals surface area contributed by atoms with Gasteiger partial charge in [-0.15, -0.1) is 0 Å². The first-order chi connectivity index (χ1) is 13.1. The van der Waals surface area contributed by atoms with E-state index in [0.29, 0.717) is 18.7 Å². The van der Waals surface area contributed by atoms with Crippen molar-refractivity contribution < 1.29 is 13.2 Å². The number of nitrogens with zero attached hydrogens (tertiary/aromatic N) is 4. The zero-order valence-electron chi connectivity index (χ0n) is 15.7. The lowest BCUT2D eigenvalue weighted by molar-refractivity contribution is -0.141. The van der Waals surface area contributed by atoms with Gasteiger partial charge in [0.25, 0.3) is 5.56 Å². The van der Waals surface area contributed by atoms with E-state index >= 15 is 0 Å². The van der Waals surface area contributed by atoms with E-state index in [9.17, 15) is 18.0 Å². The summed E-state index contributed by atoms with van der Waals surface area (Å²) < 4.78 is 41.2.